The summed E-state index contributed by atoms with van der Waals surface area (Å²) in [7, 11) is -3.75. The Morgan fingerprint density at radius 2 is 1.97 bits per heavy atom. The molecule has 172 valence electrons. The minimum Gasteiger partial charge on any atom is -0.480 e. The second-order valence-corrected chi connectivity index (χ2v) is 9.27. The third kappa shape index (κ3) is 8.27. The van der Waals surface area contributed by atoms with E-state index in [2.05, 4.69) is 20.7 Å². The number of hydrogen-bond acceptors (Lipinski definition) is 6. The summed E-state index contributed by atoms with van der Waals surface area (Å²) >= 11 is 0. The maximum absolute atomic E-state index is 12.3. The molecule has 0 aromatic heterocycles. The van der Waals surface area contributed by atoms with E-state index >= 15 is 0 Å². The quantitative estimate of drug-likeness (QED) is 0.292. The standard InChI is InChI=1S/C20H30N4O6S/c1-2-3-10-31(29,30)24-17(20(27)28)13-23-18(25)7-9-22-19(26)15-5-4-14-6-8-21-12-16(14)11-15/h4-5,11,17,21,24H,2-3,6-10,12-13H2,1H3,(H,22,26)(H,23,25)(H,27,28)/t17-/m0/s1. The van der Waals surface area contributed by atoms with E-state index in [0.717, 1.165) is 18.5 Å². The molecular formula is C20H30N4O6S. The third-order valence-corrected chi connectivity index (χ3v) is 6.35. The largest absolute Gasteiger partial charge is 0.480 e. The zero-order valence-electron chi connectivity index (χ0n) is 17.6. The molecule has 2 amide bonds. The van der Waals surface area contributed by atoms with Crippen LogP contribution in [0, 0.1) is 0 Å². The number of carbonyl (C=O) groups excluding carboxylic acids is 2. The molecule has 0 saturated carbocycles. The molecule has 0 bridgehead atoms. The van der Waals surface area contributed by atoms with Gasteiger partial charge in [-0.1, -0.05) is 19.4 Å². The molecule has 2 rings (SSSR count). The fraction of sp³-hybridized carbons (Fsp3) is 0.550. The lowest BCUT2D eigenvalue weighted by molar-refractivity contribution is -0.138. The van der Waals surface area contributed by atoms with Gasteiger partial charge in [-0.05, 0) is 42.6 Å². The monoisotopic (exact) mass is 454 g/mol. The van der Waals surface area contributed by atoms with Crippen molar-refractivity contribution in [3.8, 4) is 0 Å². The van der Waals surface area contributed by atoms with Crippen LogP contribution >= 0.6 is 0 Å². The van der Waals surface area contributed by atoms with E-state index < -0.39 is 27.9 Å². The molecule has 0 fully saturated rings. The van der Waals surface area contributed by atoms with Crippen LogP contribution in [0.4, 0.5) is 0 Å². The normalized spacial score (nSPS) is 14.4. The lowest BCUT2D eigenvalue weighted by Gasteiger charge is -2.17. The van der Waals surface area contributed by atoms with E-state index in [-0.39, 0.29) is 31.2 Å². The van der Waals surface area contributed by atoms with Gasteiger partial charge in [-0.15, -0.1) is 0 Å². The molecule has 1 aliphatic rings. The van der Waals surface area contributed by atoms with E-state index in [9.17, 15) is 27.9 Å². The summed E-state index contributed by atoms with van der Waals surface area (Å²) in [5, 5.41) is 17.5. The number of rotatable bonds is 12. The fourth-order valence-corrected chi connectivity index (χ4v) is 4.51. The van der Waals surface area contributed by atoms with Crippen LogP contribution < -0.4 is 20.7 Å². The van der Waals surface area contributed by atoms with E-state index in [1.54, 1.807) is 6.07 Å². The predicted octanol–water partition coefficient (Wildman–Crippen LogP) is -0.259. The molecule has 11 heteroatoms. The molecule has 10 nitrogen and oxygen atoms in total. The third-order valence-electron chi connectivity index (χ3n) is 4.88. The first kappa shape index (κ1) is 24.8. The van der Waals surface area contributed by atoms with Crippen molar-refractivity contribution in [2.45, 2.75) is 45.2 Å². The first-order valence-electron chi connectivity index (χ1n) is 10.3. The van der Waals surface area contributed by atoms with Gasteiger partial charge < -0.3 is 21.1 Å². The Morgan fingerprint density at radius 1 is 1.19 bits per heavy atom. The average Bonchev–Trinajstić information content (AvgIpc) is 2.74. The summed E-state index contributed by atoms with van der Waals surface area (Å²) in [5.41, 5.74) is 2.81. The molecule has 1 aromatic carbocycles. The summed E-state index contributed by atoms with van der Waals surface area (Å²) < 4.78 is 25.9. The lowest BCUT2D eigenvalue weighted by Crippen LogP contribution is -2.49. The Labute approximate surface area is 182 Å². The van der Waals surface area contributed by atoms with E-state index in [1.165, 1.54) is 5.56 Å². The van der Waals surface area contributed by atoms with Gasteiger partial charge in [0, 0.05) is 31.6 Å². The highest BCUT2D eigenvalue weighted by molar-refractivity contribution is 7.89. The number of sulfonamides is 1. The van der Waals surface area contributed by atoms with Gasteiger partial charge in [0.15, 0.2) is 0 Å². The number of carboxylic acid groups (broad SMARTS) is 1. The number of aliphatic carboxylic acids is 1. The maximum Gasteiger partial charge on any atom is 0.323 e. The highest BCUT2D eigenvalue weighted by atomic mass is 32.2. The molecule has 0 unspecified atom stereocenters. The Kier molecular flexibility index (Phi) is 9.41. The Balaban J connectivity index is 1.76. The molecule has 31 heavy (non-hydrogen) atoms. The van der Waals surface area contributed by atoms with Crippen LogP contribution in [-0.2, 0) is 32.6 Å². The number of nitrogens with one attached hydrogen (secondary N) is 4. The number of unbranched alkanes of at least 4 members (excludes halogenated alkanes) is 1. The number of hydrogen-bond donors (Lipinski definition) is 5. The Bertz CT molecular complexity index is 903. The molecule has 0 saturated heterocycles. The van der Waals surface area contributed by atoms with Crippen LogP contribution in [0.1, 0.15) is 47.7 Å². The minimum atomic E-state index is -3.75. The van der Waals surface area contributed by atoms with Crippen LogP contribution in [0.3, 0.4) is 0 Å². The van der Waals surface area contributed by atoms with Gasteiger partial charge in [0.1, 0.15) is 6.04 Å². The van der Waals surface area contributed by atoms with Gasteiger partial charge in [-0.3, -0.25) is 14.4 Å². The van der Waals surface area contributed by atoms with Crippen molar-refractivity contribution in [1.29, 1.82) is 0 Å². The topological polar surface area (TPSA) is 154 Å². The van der Waals surface area contributed by atoms with Crippen molar-refractivity contribution in [3.63, 3.8) is 0 Å². The van der Waals surface area contributed by atoms with Gasteiger partial charge in [0.2, 0.25) is 15.9 Å². The lowest BCUT2D eigenvalue weighted by atomic mass is 9.98. The summed E-state index contributed by atoms with van der Waals surface area (Å²) in [4.78, 5) is 35.6. The van der Waals surface area contributed by atoms with Gasteiger partial charge in [-0.2, -0.15) is 4.72 Å². The fourth-order valence-electron chi connectivity index (χ4n) is 3.11. The highest BCUT2D eigenvalue weighted by Gasteiger charge is 2.24. The summed E-state index contributed by atoms with van der Waals surface area (Å²) in [6.45, 7) is 3.14. The number of carboxylic acids is 1. The molecule has 1 atom stereocenters. The van der Waals surface area contributed by atoms with Gasteiger partial charge in [0.05, 0.1) is 5.75 Å². The van der Waals surface area contributed by atoms with Crippen LogP contribution in [0.5, 0.6) is 0 Å². The summed E-state index contributed by atoms with van der Waals surface area (Å²) in [5.74, 6) is -2.34. The second-order valence-electron chi connectivity index (χ2n) is 7.40. The zero-order valence-corrected chi connectivity index (χ0v) is 18.4. The van der Waals surface area contributed by atoms with Crippen molar-refractivity contribution in [2.75, 3.05) is 25.4 Å². The molecule has 5 N–H and O–H groups in total. The molecule has 0 aliphatic carbocycles. The van der Waals surface area contributed by atoms with Crippen LogP contribution in [0.15, 0.2) is 18.2 Å². The summed E-state index contributed by atoms with van der Waals surface area (Å²) in [6, 6.07) is 4.07. The molecule has 0 spiro atoms. The first-order chi connectivity index (χ1) is 14.7. The SMILES string of the molecule is CCCCS(=O)(=O)N[C@@H](CNC(=O)CCNC(=O)c1ccc2c(c1)CNCC2)C(=O)O. The van der Waals surface area contributed by atoms with Gasteiger partial charge in [-0.25, -0.2) is 8.42 Å². The maximum atomic E-state index is 12.3. The van der Waals surface area contributed by atoms with Crippen LogP contribution in [-0.4, -0.2) is 62.7 Å². The van der Waals surface area contributed by atoms with Crippen molar-refractivity contribution < 1.29 is 27.9 Å². The Hall–Kier alpha value is -2.50. The van der Waals surface area contributed by atoms with Crippen molar-refractivity contribution in [3.05, 3.63) is 34.9 Å². The minimum absolute atomic E-state index is 0.0623. The van der Waals surface area contributed by atoms with E-state index in [4.69, 9.17) is 0 Å². The Morgan fingerprint density at radius 3 is 2.68 bits per heavy atom. The smallest absolute Gasteiger partial charge is 0.323 e. The first-order valence-corrected chi connectivity index (χ1v) is 12.0. The average molecular weight is 455 g/mol. The van der Waals surface area contributed by atoms with E-state index in [1.807, 2.05) is 19.1 Å². The molecular weight excluding hydrogens is 424 g/mol. The van der Waals surface area contributed by atoms with Crippen LogP contribution in [0.2, 0.25) is 0 Å². The number of carbonyl (C=O) groups is 3. The predicted molar refractivity (Wildman–Crippen MR) is 115 cm³/mol. The number of amides is 2. The highest BCUT2D eigenvalue weighted by Crippen LogP contribution is 2.15. The second kappa shape index (κ2) is 11.8. The molecule has 1 aliphatic heterocycles. The van der Waals surface area contributed by atoms with Crippen molar-refractivity contribution >= 4 is 27.8 Å². The van der Waals surface area contributed by atoms with Gasteiger partial charge >= 0.3 is 5.97 Å². The van der Waals surface area contributed by atoms with Crippen LogP contribution in [0.25, 0.3) is 0 Å². The van der Waals surface area contributed by atoms with Crippen molar-refractivity contribution in [1.82, 2.24) is 20.7 Å². The molecule has 1 heterocycles. The summed E-state index contributed by atoms with van der Waals surface area (Å²) in [6.07, 6.45) is 1.93. The van der Waals surface area contributed by atoms with Crippen molar-refractivity contribution in [2.24, 2.45) is 0 Å². The number of benzene rings is 1. The van der Waals surface area contributed by atoms with E-state index in [0.29, 0.717) is 24.9 Å². The molecule has 1 aromatic rings. The molecule has 0 radical (unpaired) electrons. The zero-order chi connectivity index (χ0) is 22.9. The van der Waals surface area contributed by atoms with Gasteiger partial charge in [0.25, 0.3) is 5.91 Å². The number of fused-ring (bicyclic) bond motifs is 1.